The lowest BCUT2D eigenvalue weighted by atomic mass is 10.0. The van der Waals surface area contributed by atoms with Gasteiger partial charge in [-0.15, -0.1) is 0 Å². The molecule has 0 saturated carbocycles. The molecule has 0 aromatic rings. The fourth-order valence-corrected chi connectivity index (χ4v) is 3.02. The minimum absolute atomic E-state index is 0.0589. The van der Waals surface area contributed by atoms with Crippen LogP contribution >= 0.6 is 0 Å². The van der Waals surface area contributed by atoms with Gasteiger partial charge in [-0.25, -0.2) is 0 Å². The number of hydrogen-bond donors (Lipinski definition) is 2. The van der Waals surface area contributed by atoms with E-state index in [1.807, 2.05) is 6.92 Å². The van der Waals surface area contributed by atoms with Gasteiger partial charge in [-0.1, -0.05) is 0 Å². The SMILES string of the molecule is CC(C(=O)NCC1CN2CCCC2CO1)=C1CNC1. The van der Waals surface area contributed by atoms with Crippen LogP contribution in [0, 0.1) is 0 Å². The number of carbonyl (C=O) groups excluding carboxylic acids is 1. The lowest BCUT2D eigenvalue weighted by Gasteiger charge is -2.35. The average Bonchev–Trinajstić information content (AvgIpc) is 2.80. The van der Waals surface area contributed by atoms with Gasteiger partial charge in [0, 0.05) is 37.8 Å². The number of amides is 1. The molecule has 0 aliphatic carbocycles. The van der Waals surface area contributed by atoms with Crippen LogP contribution in [0.25, 0.3) is 0 Å². The maximum absolute atomic E-state index is 12.0. The van der Waals surface area contributed by atoms with Gasteiger partial charge < -0.3 is 15.4 Å². The van der Waals surface area contributed by atoms with E-state index in [0.717, 1.165) is 31.8 Å². The topological polar surface area (TPSA) is 53.6 Å². The molecule has 2 atom stereocenters. The smallest absolute Gasteiger partial charge is 0.247 e. The summed E-state index contributed by atoms with van der Waals surface area (Å²) in [5.74, 6) is 0.0589. The number of fused-ring (bicyclic) bond motifs is 1. The van der Waals surface area contributed by atoms with Crippen molar-refractivity contribution in [2.45, 2.75) is 31.9 Å². The third kappa shape index (κ3) is 2.83. The Morgan fingerprint density at radius 3 is 3.11 bits per heavy atom. The van der Waals surface area contributed by atoms with E-state index in [9.17, 15) is 4.79 Å². The lowest BCUT2D eigenvalue weighted by Crippen LogP contribution is -2.50. The minimum atomic E-state index is 0.0589. The molecule has 19 heavy (non-hydrogen) atoms. The molecule has 3 aliphatic heterocycles. The van der Waals surface area contributed by atoms with E-state index in [1.54, 1.807) is 0 Å². The molecule has 5 nitrogen and oxygen atoms in total. The van der Waals surface area contributed by atoms with Crippen LogP contribution in [0.3, 0.4) is 0 Å². The maximum atomic E-state index is 12.0. The molecule has 0 spiro atoms. The van der Waals surface area contributed by atoms with Crippen molar-refractivity contribution < 1.29 is 9.53 Å². The number of rotatable bonds is 3. The van der Waals surface area contributed by atoms with E-state index in [4.69, 9.17) is 4.74 Å². The highest BCUT2D eigenvalue weighted by Crippen LogP contribution is 2.22. The second-order valence-electron chi connectivity index (χ2n) is 5.79. The molecule has 2 unspecified atom stereocenters. The highest BCUT2D eigenvalue weighted by molar-refractivity contribution is 5.93. The zero-order valence-corrected chi connectivity index (χ0v) is 11.6. The molecule has 0 aromatic carbocycles. The third-order valence-electron chi connectivity index (χ3n) is 4.50. The van der Waals surface area contributed by atoms with Gasteiger partial charge in [0.1, 0.15) is 0 Å². The fraction of sp³-hybridized carbons (Fsp3) is 0.786. The first-order chi connectivity index (χ1) is 9.24. The second kappa shape index (κ2) is 5.61. The predicted molar refractivity (Wildman–Crippen MR) is 72.9 cm³/mol. The number of morpholine rings is 1. The molecule has 3 heterocycles. The van der Waals surface area contributed by atoms with E-state index in [0.29, 0.717) is 12.6 Å². The van der Waals surface area contributed by atoms with Gasteiger partial charge in [-0.05, 0) is 31.9 Å². The molecule has 3 aliphatic rings. The van der Waals surface area contributed by atoms with Gasteiger partial charge in [0.2, 0.25) is 5.91 Å². The molecule has 5 heteroatoms. The van der Waals surface area contributed by atoms with E-state index in [-0.39, 0.29) is 12.0 Å². The van der Waals surface area contributed by atoms with Crippen molar-refractivity contribution in [2.24, 2.45) is 0 Å². The summed E-state index contributed by atoms with van der Waals surface area (Å²) in [5, 5.41) is 6.16. The third-order valence-corrected chi connectivity index (χ3v) is 4.50. The van der Waals surface area contributed by atoms with Crippen molar-refractivity contribution >= 4 is 5.91 Å². The molecule has 3 fully saturated rings. The van der Waals surface area contributed by atoms with Crippen LogP contribution in [0.5, 0.6) is 0 Å². The van der Waals surface area contributed by atoms with Gasteiger partial charge in [-0.3, -0.25) is 9.69 Å². The summed E-state index contributed by atoms with van der Waals surface area (Å²) >= 11 is 0. The van der Waals surface area contributed by atoms with Crippen LogP contribution in [0.15, 0.2) is 11.1 Å². The Morgan fingerprint density at radius 1 is 1.53 bits per heavy atom. The van der Waals surface area contributed by atoms with Crippen molar-refractivity contribution in [2.75, 3.05) is 39.3 Å². The second-order valence-corrected chi connectivity index (χ2v) is 5.79. The van der Waals surface area contributed by atoms with Gasteiger partial charge in [0.25, 0.3) is 0 Å². The van der Waals surface area contributed by atoms with Crippen molar-refractivity contribution in [3.63, 3.8) is 0 Å². The van der Waals surface area contributed by atoms with E-state index in [1.165, 1.54) is 25.0 Å². The summed E-state index contributed by atoms with van der Waals surface area (Å²) in [4.78, 5) is 14.5. The van der Waals surface area contributed by atoms with E-state index >= 15 is 0 Å². The largest absolute Gasteiger partial charge is 0.373 e. The normalized spacial score (nSPS) is 30.7. The highest BCUT2D eigenvalue weighted by Gasteiger charge is 2.32. The minimum Gasteiger partial charge on any atom is -0.373 e. The number of ether oxygens (including phenoxy) is 1. The van der Waals surface area contributed by atoms with Crippen molar-refractivity contribution in [3.05, 3.63) is 11.1 Å². The van der Waals surface area contributed by atoms with Crippen LogP contribution in [0.4, 0.5) is 0 Å². The summed E-state index contributed by atoms with van der Waals surface area (Å²) in [6.07, 6.45) is 2.69. The number of nitrogens with one attached hydrogen (secondary N) is 2. The van der Waals surface area contributed by atoms with Crippen molar-refractivity contribution in [1.29, 1.82) is 0 Å². The van der Waals surface area contributed by atoms with Crippen LogP contribution in [-0.2, 0) is 9.53 Å². The van der Waals surface area contributed by atoms with Crippen molar-refractivity contribution in [3.8, 4) is 0 Å². The Bertz CT molecular complexity index is 388. The monoisotopic (exact) mass is 265 g/mol. The Kier molecular flexibility index (Phi) is 3.86. The molecule has 0 bridgehead atoms. The number of nitrogens with zero attached hydrogens (tertiary/aromatic N) is 1. The molecule has 106 valence electrons. The van der Waals surface area contributed by atoms with Crippen LogP contribution in [0.2, 0.25) is 0 Å². The van der Waals surface area contributed by atoms with Gasteiger partial charge in [-0.2, -0.15) is 0 Å². The first-order valence-corrected chi connectivity index (χ1v) is 7.27. The number of carbonyl (C=O) groups is 1. The Labute approximate surface area is 114 Å². The molecular weight excluding hydrogens is 242 g/mol. The van der Waals surface area contributed by atoms with Crippen LogP contribution in [-0.4, -0.2) is 62.3 Å². The fourth-order valence-electron chi connectivity index (χ4n) is 3.02. The van der Waals surface area contributed by atoms with Crippen LogP contribution in [0.1, 0.15) is 19.8 Å². The standard InChI is InChI=1S/C14H23N3O2/c1-10(11-5-15-6-11)14(18)16-7-13-8-17-4-2-3-12(17)9-19-13/h12-13,15H,2-9H2,1H3,(H,16,18). The molecule has 2 N–H and O–H groups in total. The summed E-state index contributed by atoms with van der Waals surface area (Å²) in [5.41, 5.74) is 2.09. The zero-order valence-electron chi connectivity index (χ0n) is 11.6. The first kappa shape index (κ1) is 13.1. The van der Waals surface area contributed by atoms with Crippen molar-refractivity contribution in [1.82, 2.24) is 15.5 Å². The summed E-state index contributed by atoms with van der Waals surface area (Å²) in [7, 11) is 0. The number of hydrogen-bond acceptors (Lipinski definition) is 4. The lowest BCUT2D eigenvalue weighted by molar-refractivity contribution is -0.119. The maximum Gasteiger partial charge on any atom is 0.247 e. The average molecular weight is 265 g/mol. The van der Waals surface area contributed by atoms with E-state index < -0.39 is 0 Å². The van der Waals surface area contributed by atoms with E-state index in [2.05, 4.69) is 15.5 Å². The van der Waals surface area contributed by atoms with Gasteiger partial charge in [0.05, 0.1) is 12.7 Å². The first-order valence-electron chi connectivity index (χ1n) is 7.27. The summed E-state index contributed by atoms with van der Waals surface area (Å²) < 4.78 is 5.84. The molecule has 1 amide bonds. The van der Waals surface area contributed by atoms with Gasteiger partial charge >= 0.3 is 0 Å². The highest BCUT2D eigenvalue weighted by atomic mass is 16.5. The Hall–Kier alpha value is -0.910. The predicted octanol–water partition coefficient (Wildman–Crippen LogP) is -0.114. The molecule has 3 saturated heterocycles. The zero-order chi connectivity index (χ0) is 13.2. The Morgan fingerprint density at radius 2 is 2.37 bits per heavy atom. The summed E-state index contributed by atoms with van der Waals surface area (Å²) in [6.45, 7) is 7.22. The Balaban J connectivity index is 1.46. The summed E-state index contributed by atoms with van der Waals surface area (Å²) in [6, 6.07) is 0.622. The van der Waals surface area contributed by atoms with Gasteiger partial charge in [0.15, 0.2) is 0 Å². The molecule has 0 radical (unpaired) electrons. The molecular formula is C14H23N3O2. The molecule has 0 aromatic heterocycles. The molecule has 3 rings (SSSR count). The van der Waals surface area contributed by atoms with Crippen LogP contribution < -0.4 is 10.6 Å². The quantitative estimate of drug-likeness (QED) is 0.699.